The summed E-state index contributed by atoms with van der Waals surface area (Å²) in [5.41, 5.74) is 6.40. The molecule has 0 radical (unpaired) electrons. The van der Waals surface area contributed by atoms with Gasteiger partial charge in [-0.15, -0.1) is 0 Å². The van der Waals surface area contributed by atoms with Crippen LogP contribution in [0.4, 0.5) is 13.2 Å². The molecule has 2 saturated carbocycles. The van der Waals surface area contributed by atoms with Gasteiger partial charge in [0, 0.05) is 6.04 Å². The Bertz CT molecular complexity index is 307. The highest BCUT2D eigenvalue weighted by Gasteiger charge is 2.43. The highest BCUT2D eigenvalue weighted by atomic mass is 19.4. The summed E-state index contributed by atoms with van der Waals surface area (Å²) in [5.74, 6) is 1.20. The summed E-state index contributed by atoms with van der Waals surface area (Å²) in [6, 6.07) is 0.110. The van der Waals surface area contributed by atoms with Crippen LogP contribution in [0.15, 0.2) is 0 Å². The van der Waals surface area contributed by atoms with Crippen LogP contribution in [-0.2, 0) is 0 Å². The third-order valence-corrected chi connectivity index (χ3v) is 5.96. The lowest BCUT2D eigenvalue weighted by Gasteiger charge is -2.40. The summed E-state index contributed by atoms with van der Waals surface area (Å²) in [4.78, 5) is 0. The third kappa shape index (κ3) is 3.69. The number of hydrogen-bond donors (Lipinski definition) is 1. The van der Waals surface area contributed by atoms with E-state index in [9.17, 15) is 13.2 Å². The van der Waals surface area contributed by atoms with Gasteiger partial charge in [-0.1, -0.05) is 20.3 Å². The second-order valence-electron chi connectivity index (χ2n) is 7.26. The molecular weight excluding hydrogens is 263 g/mol. The maximum Gasteiger partial charge on any atom is 0.391 e. The Balaban J connectivity index is 1.84. The van der Waals surface area contributed by atoms with Crippen LogP contribution in [-0.4, -0.2) is 12.2 Å². The van der Waals surface area contributed by atoms with Gasteiger partial charge in [-0.3, -0.25) is 0 Å². The quantitative estimate of drug-likeness (QED) is 0.780. The van der Waals surface area contributed by atoms with Crippen LogP contribution in [0.3, 0.4) is 0 Å². The molecule has 0 spiro atoms. The molecule has 2 rings (SSSR count). The molecule has 1 nitrogen and oxygen atoms in total. The van der Waals surface area contributed by atoms with E-state index in [4.69, 9.17) is 5.73 Å². The topological polar surface area (TPSA) is 26.0 Å². The first-order valence-corrected chi connectivity index (χ1v) is 8.11. The fraction of sp³-hybridized carbons (Fsp3) is 1.00. The standard InChI is InChI=1S/C16H28F3N/c1-10-3-4-13(9-11(10)2)15(20)12-5-7-14(8-6-12)16(17,18)19/h10-15H,3-9,20H2,1-2H3. The minimum Gasteiger partial charge on any atom is -0.327 e. The Morgan fingerprint density at radius 1 is 0.850 bits per heavy atom. The summed E-state index contributed by atoms with van der Waals surface area (Å²) in [7, 11) is 0. The molecule has 2 aliphatic rings. The second kappa shape index (κ2) is 6.25. The fourth-order valence-corrected chi connectivity index (χ4v) is 4.16. The molecule has 0 aromatic carbocycles. The molecule has 2 aliphatic carbocycles. The first-order chi connectivity index (χ1) is 9.29. The van der Waals surface area contributed by atoms with Gasteiger partial charge in [-0.05, 0) is 62.2 Å². The summed E-state index contributed by atoms with van der Waals surface area (Å²) in [5, 5.41) is 0. The van der Waals surface area contributed by atoms with E-state index in [-0.39, 0.29) is 18.9 Å². The fourth-order valence-electron chi connectivity index (χ4n) is 4.16. The molecule has 118 valence electrons. The van der Waals surface area contributed by atoms with Gasteiger partial charge in [0.25, 0.3) is 0 Å². The number of nitrogens with two attached hydrogens (primary N) is 1. The van der Waals surface area contributed by atoms with Gasteiger partial charge in [-0.2, -0.15) is 13.2 Å². The van der Waals surface area contributed by atoms with Crippen LogP contribution < -0.4 is 5.73 Å². The normalized spacial score (nSPS) is 41.4. The van der Waals surface area contributed by atoms with E-state index in [0.717, 1.165) is 18.8 Å². The lowest BCUT2D eigenvalue weighted by atomic mass is 9.68. The zero-order chi connectivity index (χ0) is 14.9. The van der Waals surface area contributed by atoms with Crippen molar-refractivity contribution in [3.8, 4) is 0 Å². The van der Waals surface area contributed by atoms with Crippen molar-refractivity contribution in [2.45, 2.75) is 71.0 Å². The van der Waals surface area contributed by atoms with Crippen molar-refractivity contribution in [1.29, 1.82) is 0 Å². The van der Waals surface area contributed by atoms with Crippen molar-refractivity contribution in [2.75, 3.05) is 0 Å². The molecule has 0 amide bonds. The van der Waals surface area contributed by atoms with Crippen molar-refractivity contribution < 1.29 is 13.2 Å². The number of alkyl halides is 3. The smallest absolute Gasteiger partial charge is 0.327 e. The van der Waals surface area contributed by atoms with Gasteiger partial charge >= 0.3 is 6.18 Å². The van der Waals surface area contributed by atoms with E-state index < -0.39 is 12.1 Å². The molecule has 20 heavy (non-hydrogen) atoms. The average Bonchev–Trinajstić information content (AvgIpc) is 2.40. The molecule has 0 aliphatic heterocycles. The van der Waals surface area contributed by atoms with Gasteiger partial charge in [0.1, 0.15) is 0 Å². The van der Waals surface area contributed by atoms with Crippen LogP contribution in [0.25, 0.3) is 0 Å². The molecule has 4 unspecified atom stereocenters. The lowest BCUT2D eigenvalue weighted by molar-refractivity contribution is -0.184. The van der Waals surface area contributed by atoms with Crippen LogP contribution >= 0.6 is 0 Å². The minimum atomic E-state index is -4.01. The Morgan fingerprint density at radius 2 is 1.40 bits per heavy atom. The van der Waals surface area contributed by atoms with Gasteiger partial charge in [0.05, 0.1) is 5.92 Å². The van der Waals surface area contributed by atoms with Crippen molar-refractivity contribution >= 4 is 0 Å². The van der Waals surface area contributed by atoms with E-state index in [1.165, 1.54) is 6.42 Å². The van der Waals surface area contributed by atoms with E-state index in [0.29, 0.717) is 30.6 Å². The van der Waals surface area contributed by atoms with E-state index >= 15 is 0 Å². The summed E-state index contributed by atoms with van der Waals surface area (Å²) in [6.07, 6.45) is 1.40. The van der Waals surface area contributed by atoms with Crippen LogP contribution in [0.2, 0.25) is 0 Å². The maximum absolute atomic E-state index is 12.7. The van der Waals surface area contributed by atoms with Crippen LogP contribution in [0.1, 0.15) is 58.8 Å². The SMILES string of the molecule is CC1CCC(C(N)C2CCC(C(F)(F)F)CC2)CC1C. The van der Waals surface area contributed by atoms with Crippen LogP contribution in [0.5, 0.6) is 0 Å². The maximum atomic E-state index is 12.7. The van der Waals surface area contributed by atoms with Crippen molar-refractivity contribution in [2.24, 2.45) is 35.3 Å². The van der Waals surface area contributed by atoms with Gasteiger partial charge in [-0.25, -0.2) is 0 Å². The Labute approximate surface area is 120 Å². The van der Waals surface area contributed by atoms with Crippen molar-refractivity contribution in [3.05, 3.63) is 0 Å². The molecule has 2 N–H and O–H groups in total. The number of rotatable bonds is 2. The number of hydrogen-bond acceptors (Lipinski definition) is 1. The zero-order valence-electron chi connectivity index (χ0n) is 12.6. The molecule has 0 heterocycles. The summed E-state index contributed by atoms with van der Waals surface area (Å²) >= 11 is 0. The largest absolute Gasteiger partial charge is 0.391 e. The van der Waals surface area contributed by atoms with Gasteiger partial charge in [0.2, 0.25) is 0 Å². The highest BCUT2D eigenvalue weighted by molar-refractivity contribution is 4.89. The van der Waals surface area contributed by atoms with Crippen LogP contribution in [0, 0.1) is 29.6 Å². The van der Waals surface area contributed by atoms with Crippen molar-refractivity contribution in [3.63, 3.8) is 0 Å². The molecule has 0 aromatic rings. The molecule has 4 heteroatoms. The second-order valence-corrected chi connectivity index (χ2v) is 7.26. The zero-order valence-corrected chi connectivity index (χ0v) is 12.6. The lowest BCUT2D eigenvalue weighted by Crippen LogP contribution is -2.43. The molecular formula is C16H28F3N. The Kier molecular flexibility index (Phi) is 5.04. The molecule has 0 saturated heterocycles. The first-order valence-electron chi connectivity index (χ1n) is 8.11. The number of halogens is 3. The summed E-state index contributed by atoms with van der Waals surface area (Å²) < 4.78 is 38.1. The van der Waals surface area contributed by atoms with Crippen molar-refractivity contribution in [1.82, 2.24) is 0 Å². The predicted octanol–water partition coefficient (Wildman–Crippen LogP) is 4.75. The molecule has 0 bridgehead atoms. The predicted molar refractivity (Wildman–Crippen MR) is 75.1 cm³/mol. The van der Waals surface area contributed by atoms with Gasteiger partial charge < -0.3 is 5.73 Å². The molecule has 0 aromatic heterocycles. The van der Waals surface area contributed by atoms with Gasteiger partial charge in [0.15, 0.2) is 0 Å². The molecule has 2 fully saturated rings. The average molecular weight is 291 g/mol. The molecule has 4 atom stereocenters. The van der Waals surface area contributed by atoms with E-state index in [2.05, 4.69) is 13.8 Å². The van der Waals surface area contributed by atoms with E-state index in [1.807, 2.05) is 0 Å². The summed E-state index contributed by atoms with van der Waals surface area (Å²) in [6.45, 7) is 4.57. The monoisotopic (exact) mass is 291 g/mol. The van der Waals surface area contributed by atoms with E-state index in [1.54, 1.807) is 0 Å². The third-order valence-electron chi connectivity index (χ3n) is 5.96. The highest BCUT2D eigenvalue weighted by Crippen LogP contribution is 2.43. The minimum absolute atomic E-state index is 0.110. The first kappa shape index (κ1) is 16.1. The Hall–Kier alpha value is -0.250. The Morgan fingerprint density at radius 3 is 1.90 bits per heavy atom.